The van der Waals surface area contributed by atoms with Crippen molar-refractivity contribution in [2.45, 2.75) is 18.8 Å². The topological polar surface area (TPSA) is 76.6 Å². The summed E-state index contributed by atoms with van der Waals surface area (Å²) in [6.45, 7) is 0.795. The smallest absolute Gasteiger partial charge is 0.242 e. The van der Waals surface area contributed by atoms with Crippen molar-refractivity contribution in [3.8, 4) is 5.75 Å². The number of fused-ring (bicyclic) bond motifs is 1. The van der Waals surface area contributed by atoms with Crippen molar-refractivity contribution in [1.82, 2.24) is 4.98 Å². The lowest BCUT2D eigenvalue weighted by atomic mass is 10.2. The average Bonchev–Trinajstić information content (AvgIpc) is 3.33. The highest BCUT2D eigenvalue weighted by Gasteiger charge is 2.28. The number of aromatic nitrogens is 1. The van der Waals surface area contributed by atoms with Gasteiger partial charge in [0, 0.05) is 17.6 Å². The molecule has 8 heteroatoms. The first-order chi connectivity index (χ1) is 14.0. The van der Waals surface area contributed by atoms with Crippen LogP contribution in [0.4, 0.5) is 5.69 Å². The van der Waals surface area contributed by atoms with Crippen LogP contribution >= 0.6 is 11.3 Å². The van der Waals surface area contributed by atoms with E-state index in [1.54, 1.807) is 10.3 Å². The summed E-state index contributed by atoms with van der Waals surface area (Å²) in [5.74, 6) is -0.434. The molecule has 0 saturated carbocycles. The van der Waals surface area contributed by atoms with Crippen molar-refractivity contribution in [1.29, 1.82) is 0 Å². The van der Waals surface area contributed by atoms with Crippen LogP contribution in [-0.4, -0.2) is 31.6 Å². The summed E-state index contributed by atoms with van der Waals surface area (Å²) in [6.07, 6.45) is 0.749. The molecule has 0 bridgehead atoms. The molecule has 6 nitrogen and oxygen atoms in total. The number of hydrogen-bond donors (Lipinski definition) is 0. The van der Waals surface area contributed by atoms with Gasteiger partial charge in [0.05, 0.1) is 11.4 Å². The molecule has 0 spiro atoms. The summed E-state index contributed by atoms with van der Waals surface area (Å²) in [6, 6.07) is 17.0. The summed E-state index contributed by atoms with van der Waals surface area (Å²) in [4.78, 5) is 18.5. The number of thiazole rings is 1. The molecule has 1 aromatic heterocycles. The van der Waals surface area contributed by atoms with Crippen molar-refractivity contribution < 1.29 is 17.9 Å². The zero-order chi connectivity index (χ0) is 20.3. The third kappa shape index (κ3) is 4.83. The predicted molar refractivity (Wildman–Crippen MR) is 113 cm³/mol. The molecule has 0 N–H and O–H groups in total. The summed E-state index contributed by atoms with van der Waals surface area (Å²) in [5.41, 5.74) is 2.32. The summed E-state index contributed by atoms with van der Waals surface area (Å²) in [7, 11) is -3.62. The van der Waals surface area contributed by atoms with E-state index in [-0.39, 0.29) is 12.4 Å². The first kappa shape index (κ1) is 19.6. The SMILES string of the molecule is O=C(CS(=O)(=O)Cc1csc(COc2ccccc2)n1)N1CCc2ccccc21. The first-order valence-corrected chi connectivity index (χ1v) is 11.9. The van der Waals surface area contributed by atoms with Crippen molar-refractivity contribution in [3.63, 3.8) is 0 Å². The Labute approximate surface area is 173 Å². The number of ether oxygens (including phenoxy) is 1. The standard InChI is InChI=1S/C21H20N2O4S2/c24-21(23-11-10-16-6-4-5-9-19(16)23)15-29(25,26)14-17-13-28-20(22-17)12-27-18-7-2-1-3-8-18/h1-9,13H,10-12,14-15H2. The predicted octanol–water partition coefficient (Wildman–Crippen LogP) is 3.23. The van der Waals surface area contributed by atoms with Gasteiger partial charge in [-0.2, -0.15) is 0 Å². The van der Waals surface area contributed by atoms with E-state index in [9.17, 15) is 13.2 Å². The van der Waals surface area contributed by atoms with E-state index in [0.717, 1.165) is 23.4 Å². The molecule has 0 fully saturated rings. The van der Waals surface area contributed by atoms with E-state index >= 15 is 0 Å². The van der Waals surface area contributed by atoms with Crippen LogP contribution in [0.25, 0.3) is 0 Å². The zero-order valence-corrected chi connectivity index (χ0v) is 17.3. The third-order valence-electron chi connectivity index (χ3n) is 4.60. The maximum atomic E-state index is 12.6. The van der Waals surface area contributed by atoms with Crippen LogP contribution in [0.15, 0.2) is 60.0 Å². The highest BCUT2D eigenvalue weighted by Crippen LogP contribution is 2.27. The van der Waals surface area contributed by atoms with Crippen LogP contribution in [0, 0.1) is 0 Å². The maximum absolute atomic E-state index is 12.6. The molecule has 2 heterocycles. The molecule has 1 amide bonds. The molecule has 0 radical (unpaired) electrons. The molecule has 0 aliphatic carbocycles. The Morgan fingerprint density at radius 3 is 2.69 bits per heavy atom. The van der Waals surface area contributed by atoms with Gasteiger partial charge in [0.1, 0.15) is 23.1 Å². The lowest BCUT2D eigenvalue weighted by Gasteiger charge is -2.17. The fourth-order valence-electron chi connectivity index (χ4n) is 3.28. The average molecular weight is 429 g/mol. The van der Waals surface area contributed by atoms with Crippen LogP contribution in [-0.2, 0) is 33.4 Å². The van der Waals surface area contributed by atoms with Crippen LogP contribution in [0.1, 0.15) is 16.3 Å². The lowest BCUT2D eigenvalue weighted by molar-refractivity contribution is -0.116. The van der Waals surface area contributed by atoms with Crippen molar-refractivity contribution in [2.75, 3.05) is 17.2 Å². The summed E-state index contributed by atoms with van der Waals surface area (Å²) < 4.78 is 30.7. The number of rotatable bonds is 7. The number of amides is 1. The van der Waals surface area contributed by atoms with Gasteiger partial charge in [0.25, 0.3) is 0 Å². The van der Waals surface area contributed by atoms with E-state index in [4.69, 9.17) is 4.74 Å². The summed E-state index contributed by atoms with van der Waals surface area (Å²) in [5, 5.41) is 2.40. The van der Waals surface area contributed by atoms with Gasteiger partial charge in [-0.15, -0.1) is 11.3 Å². The van der Waals surface area contributed by atoms with Gasteiger partial charge in [-0.05, 0) is 30.2 Å². The minimum absolute atomic E-state index is 0.254. The molecule has 29 heavy (non-hydrogen) atoms. The number of anilines is 1. The van der Waals surface area contributed by atoms with Crippen molar-refractivity contribution in [3.05, 3.63) is 76.2 Å². The van der Waals surface area contributed by atoms with Gasteiger partial charge in [-0.3, -0.25) is 4.79 Å². The second-order valence-electron chi connectivity index (χ2n) is 6.79. The number of carbonyl (C=O) groups excluding carboxylic acids is 1. The zero-order valence-electron chi connectivity index (χ0n) is 15.7. The normalized spacial score (nSPS) is 13.3. The Morgan fingerprint density at radius 1 is 1.10 bits per heavy atom. The molecule has 0 saturated heterocycles. The molecule has 4 rings (SSSR count). The highest BCUT2D eigenvalue weighted by atomic mass is 32.2. The van der Waals surface area contributed by atoms with E-state index in [2.05, 4.69) is 4.98 Å². The minimum atomic E-state index is -3.62. The molecule has 1 aliphatic rings. The van der Waals surface area contributed by atoms with E-state index in [0.29, 0.717) is 17.2 Å². The largest absolute Gasteiger partial charge is 0.486 e. The molecular formula is C21H20N2O4S2. The Kier molecular flexibility index (Phi) is 5.64. The van der Waals surface area contributed by atoms with Gasteiger partial charge in [-0.25, -0.2) is 13.4 Å². The van der Waals surface area contributed by atoms with Gasteiger partial charge in [0.2, 0.25) is 5.91 Å². The Morgan fingerprint density at radius 2 is 1.86 bits per heavy atom. The number of carbonyl (C=O) groups is 1. The van der Waals surface area contributed by atoms with Crippen LogP contribution in [0.3, 0.4) is 0 Å². The maximum Gasteiger partial charge on any atom is 0.242 e. The van der Waals surface area contributed by atoms with E-state index in [1.807, 2.05) is 54.6 Å². The first-order valence-electron chi connectivity index (χ1n) is 9.20. The second-order valence-corrected chi connectivity index (χ2v) is 9.80. The quantitative estimate of drug-likeness (QED) is 0.578. The van der Waals surface area contributed by atoms with Crippen LogP contribution in [0.5, 0.6) is 5.75 Å². The third-order valence-corrected chi connectivity index (χ3v) is 6.90. The molecule has 3 aromatic rings. The van der Waals surface area contributed by atoms with Crippen molar-refractivity contribution >= 4 is 32.8 Å². The summed E-state index contributed by atoms with van der Waals surface area (Å²) >= 11 is 1.35. The lowest BCUT2D eigenvalue weighted by Crippen LogP contribution is -2.34. The number of benzene rings is 2. The number of para-hydroxylation sites is 2. The number of hydrogen-bond acceptors (Lipinski definition) is 6. The molecule has 150 valence electrons. The highest BCUT2D eigenvalue weighted by molar-refractivity contribution is 7.91. The monoisotopic (exact) mass is 428 g/mol. The van der Waals surface area contributed by atoms with E-state index < -0.39 is 21.5 Å². The minimum Gasteiger partial charge on any atom is -0.486 e. The molecule has 0 unspecified atom stereocenters. The Bertz CT molecular complexity index is 1110. The Hall–Kier alpha value is -2.71. The van der Waals surface area contributed by atoms with Crippen LogP contribution < -0.4 is 9.64 Å². The molecule has 2 aromatic carbocycles. The second kappa shape index (κ2) is 8.34. The van der Waals surface area contributed by atoms with E-state index in [1.165, 1.54) is 11.3 Å². The van der Waals surface area contributed by atoms with Gasteiger partial charge in [0.15, 0.2) is 9.84 Å². The fraction of sp³-hybridized carbons (Fsp3) is 0.238. The fourth-order valence-corrected chi connectivity index (χ4v) is 5.33. The van der Waals surface area contributed by atoms with Gasteiger partial charge >= 0.3 is 0 Å². The molecular weight excluding hydrogens is 408 g/mol. The van der Waals surface area contributed by atoms with Gasteiger partial charge in [-0.1, -0.05) is 36.4 Å². The molecule has 0 atom stereocenters. The number of sulfone groups is 1. The van der Waals surface area contributed by atoms with Crippen molar-refractivity contribution in [2.24, 2.45) is 0 Å². The Balaban J connectivity index is 1.35. The van der Waals surface area contributed by atoms with Gasteiger partial charge < -0.3 is 9.64 Å². The van der Waals surface area contributed by atoms with Crippen LogP contribution in [0.2, 0.25) is 0 Å². The number of nitrogens with zero attached hydrogens (tertiary/aromatic N) is 2. The molecule has 1 aliphatic heterocycles.